The zero-order valence-electron chi connectivity index (χ0n) is 25.7. The van der Waals surface area contributed by atoms with Crippen molar-refractivity contribution in [1.29, 1.82) is 0 Å². The number of carbonyl (C=O) groups excluding carboxylic acids is 1. The van der Waals surface area contributed by atoms with Crippen molar-refractivity contribution in [2.45, 2.75) is 30.5 Å². The number of nitrogens with zero attached hydrogens (tertiary/aromatic N) is 1. The van der Waals surface area contributed by atoms with E-state index in [0.29, 0.717) is 45.8 Å². The maximum absolute atomic E-state index is 15.2. The number of aliphatic hydroxyl groups is 1. The molecular formula is C39H31BrCl2N2O4. The molecule has 1 aliphatic heterocycles. The van der Waals surface area contributed by atoms with Crippen LogP contribution in [0.25, 0.3) is 11.1 Å². The van der Waals surface area contributed by atoms with Crippen molar-refractivity contribution in [1.82, 2.24) is 5.32 Å². The quantitative estimate of drug-likeness (QED) is 0.140. The monoisotopic (exact) mass is 740 g/mol. The average molecular weight is 742 g/mol. The summed E-state index contributed by atoms with van der Waals surface area (Å²) in [4.78, 5) is 20.4. The van der Waals surface area contributed by atoms with E-state index in [9.17, 15) is 0 Å². The molecule has 6 nitrogen and oxygen atoms in total. The van der Waals surface area contributed by atoms with Crippen LogP contribution < -0.4 is 10.1 Å². The predicted molar refractivity (Wildman–Crippen MR) is 193 cm³/mol. The second kappa shape index (κ2) is 13.8. The van der Waals surface area contributed by atoms with E-state index in [1.807, 2.05) is 72.8 Å². The van der Waals surface area contributed by atoms with Crippen LogP contribution >= 0.6 is 39.1 Å². The van der Waals surface area contributed by atoms with E-state index in [1.54, 1.807) is 18.2 Å². The Morgan fingerprint density at radius 2 is 1.54 bits per heavy atom. The van der Waals surface area contributed by atoms with Gasteiger partial charge in [0.25, 0.3) is 5.91 Å². The first kappa shape index (κ1) is 32.4. The topological polar surface area (TPSA) is 80.2 Å². The highest BCUT2D eigenvalue weighted by molar-refractivity contribution is 9.10. The molecular weight excluding hydrogens is 711 g/mol. The van der Waals surface area contributed by atoms with E-state index in [0.717, 1.165) is 32.3 Å². The number of fused-ring (bicyclic) bond motifs is 3. The molecule has 48 heavy (non-hydrogen) atoms. The van der Waals surface area contributed by atoms with Crippen molar-refractivity contribution < 1.29 is 19.4 Å². The average Bonchev–Trinajstić information content (AvgIpc) is 3.63. The molecule has 0 fully saturated rings. The molecule has 242 valence electrons. The molecule has 0 spiro atoms. The van der Waals surface area contributed by atoms with Crippen molar-refractivity contribution >= 4 is 50.9 Å². The van der Waals surface area contributed by atoms with Gasteiger partial charge in [-0.3, -0.25) is 4.79 Å². The smallest absolute Gasteiger partial charge is 0.253 e. The number of rotatable bonds is 10. The van der Waals surface area contributed by atoms with Gasteiger partial charge in [0.1, 0.15) is 5.75 Å². The number of benzene rings is 5. The summed E-state index contributed by atoms with van der Waals surface area (Å²) in [6.07, 6.45) is -0.146. The summed E-state index contributed by atoms with van der Waals surface area (Å²) in [5, 5.41) is 13.4. The van der Waals surface area contributed by atoms with Crippen molar-refractivity contribution in [2.24, 2.45) is 4.99 Å². The molecule has 0 saturated heterocycles. The number of hydrogen-bond acceptors (Lipinski definition) is 5. The number of amides is 1. The van der Waals surface area contributed by atoms with E-state index < -0.39 is 17.7 Å². The van der Waals surface area contributed by atoms with Gasteiger partial charge >= 0.3 is 0 Å². The highest BCUT2D eigenvalue weighted by Crippen LogP contribution is 2.48. The first-order valence-corrected chi connectivity index (χ1v) is 17.2. The Morgan fingerprint density at radius 1 is 0.875 bits per heavy atom. The normalized spacial score (nSPS) is 18.1. The highest BCUT2D eigenvalue weighted by atomic mass is 79.9. The third-order valence-electron chi connectivity index (χ3n) is 8.80. The lowest BCUT2D eigenvalue weighted by atomic mass is 9.81. The Balaban J connectivity index is 1.36. The largest absolute Gasteiger partial charge is 0.494 e. The third-order valence-corrected chi connectivity index (χ3v) is 10.1. The van der Waals surface area contributed by atoms with Crippen LogP contribution in [-0.2, 0) is 16.0 Å². The maximum Gasteiger partial charge on any atom is 0.253 e. The first-order valence-electron chi connectivity index (χ1n) is 15.7. The van der Waals surface area contributed by atoms with Crippen LogP contribution in [-0.4, -0.2) is 35.7 Å². The molecule has 7 rings (SSSR count). The second-order valence-corrected chi connectivity index (χ2v) is 13.5. The number of ether oxygens (including phenoxy) is 2. The molecule has 1 aliphatic carbocycles. The number of nitrogens with one attached hydrogen (secondary N) is 1. The summed E-state index contributed by atoms with van der Waals surface area (Å²) in [6.45, 7) is 0.449. The molecule has 2 atom stereocenters. The minimum absolute atomic E-state index is 0.0527. The van der Waals surface area contributed by atoms with E-state index in [-0.39, 0.29) is 18.9 Å². The fraction of sp³-hybridized carbons (Fsp3) is 0.179. The highest BCUT2D eigenvalue weighted by Gasteiger charge is 2.55. The van der Waals surface area contributed by atoms with E-state index in [4.69, 9.17) is 42.8 Å². The zero-order chi connectivity index (χ0) is 33.3. The fourth-order valence-corrected chi connectivity index (χ4v) is 7.41. The standard InChI is InChI=1S/C39H31BrCl2N2O4/c40-33-13-6-1-8-25(33)23-39(38(46)43-35-30-11-4-2-9-28(30)29-10-3-5-12-31(29)35)36(32-19-16-26(41)22-34(32)42)48-37(44-39)24-14-17-27(18-15-24)47-21-7-20-45/h1-6,8-19,22,35-36,45H,7,20-21,23H2,(H,43,46)/t36-,39-/m1/s1. The van der Waals surface area contributed by atoms with Crippen molar-refractivity contribution in [3.63, 3.8) is 0 Å². The van der Waals surface area contributed by atoms with Gasteiger partial charge in [-0.05, 0) is 70.3 Å². The Bertz CT molecular complexity index is 1970. The lowest BCUT2D eigenvalue weighted by Crippen LogP contribution is -2.51. The molecule has 0 unspecified atom stereocenters. The molecule has 0 radical (unpaired) electrons. The summed E-state index contributed by atoms with van der Waals surface area (Å²) in [5.74, 6) is 0.658. The van der Waals surface area contributed by atoms with Gasteiger partial charge in [0, 0.05) is 45.1 Å². The van der Waals surface area contributed by atoms with E-state index in [1.165, 1.54) is 0 Å². The lowest BCUT2D eigenvalue weighted by Gasteiger charge is -2.33. The first-order chi connectivity index (χ1) is 23.4. The molecule has 2 N–H and O–H groups in total. The minimum atomic E-state index is -1.47. The molecule has 0 aromatic heterocycles. The number of aliphatic imine (C=N–C) groups is 1. The van der Waals surface area contributed by atoms with Crippen LogP contribution in [0.2, 0.25) is 10.0 Å². The third kappa shape index (κ3) is 6.12. The van der Waals surface area contributed by atoms with Crippen LogP contribution in [0, 0.1) is 0 Å². The lowest BCUT2D eigenvalue weighted by molar-refractivity contribution is -0.129. The molecule has 0 saturated carbocycles. The second-order valence-electron chi connectivity index (χ2n) is 11.8. The Kier molecular flexibility index (Phi) is 9.30. The summed E-state index contributed by atoms with van der Waals surface area (Å²) < 4.78 is 13.3. The van der Waals surface area contributed by atoms with Gasteiger partial charge in [-0.15, -0.1) is 0 Å². The van der Waals surface area contributed by atoms with Gasteiger partial charge in [-0.25, -0.2) is 4.99 Å². The molecule has 9 heteroatoms. The predicted octanol–water partition coefficient (Wildman–Crippen LogP) is 8.90. The van der Waals surface area contributed by atoms with E-state index >= 15 is 4.79 Å². The molecule has 1 heterocycles. The van der Waals surface area contributed by atoms with Gasteiger partial charge < -0.3 is 19.9 Å². The van der Waals surface area contributed by atoms with Crippen LogP contribution in [0.4, 0.5) is 0 Å². The summed E-state index contributed by atoms with van der Waals surface area (Å²) in [7, 11) is 0. The summed E-state index contributed by atoms with van der Waals surface area (Å²) >= 11 is 16.9. The number of halogens is 3. The minimum Gasteiger partial charge on any atom is -0.494 e. The Morgan fingerprint density at radius 3 is 2.21 bits per heavy atom. The molecule has 1 amide bonds. The van der Waals surface area contributed by atoms with Gasteiger partial charge in [-0.1, -0.05) is 112 Å². The molecule has 5 aromatic carbocycles. The summed E-state index contributed by atoms with van der Waals surface area (Å²) in [6, 6.07) is 36.2. The molecule has 2 aliphatic rings. The number of carbonyl (C=O) groups is 1. The Hall–Kier alpha value is -4.14. The zero-order valence-corrected chi connectivity index (χ0v) is 28.8. The van der Waals surface area contributed by atoms with Crippen LogP contribution in [0.5, 0.6) is 5.75 Å². The molecule has 0 bridgehead atoms. The van der Waals surface area contributed by atoms with Gasteiger partial charge in [-0.2, -0.15) is 0 Å². The van der Waals surface area contributed by atoms with Crippen molar-refractivity contribution in [3.05, 3.63) is 158 Å². The van der Waals surface area contributed by atoms with Gasteiger partial charge in [0.05, 0.1) is 12.6 Å². The SMILES string of the molecule is O=C(NC1c2ccccc2-c2ccccc21)[C@]1(Cc2ccccc2Br)N=C(c2ccc(OCCCO)cc2)O[C@@H]1c1ccc(Cl)cc1Cl. The molecule has 5 aromatic rings. The maximum atomic E-state index is 15.2. The Labute approximate surface area is 297 Å². The number of aliphatic hydroxyl groups excluding tert-OH is 1. The number of hydrogen-bond donors (Lipinski definition) is 2. The van der Waals surface area contributed by atoms with E-state index in [2.05, 4.69) is 45.5 Å². The van der Waals surface area contributed by atoms with Crippen molar-refractivity contribution in [3.8, 4) is 16.9 Å². The van der Waals surface area contributed by atoms with Gasteiger partial charge in [0.15, 0.2) is 11.6 Å². The van der Waals surface area contributed by atoms with Crippen LogP contribution in [0.3, 0.4) is 0 Å². The fourth-order valence-electron chi connectivity index (χ4n) is 6.47. The van der Waals surface area contributed by atoms with Crippen molar-refractivity contribution in [2.75, 3.05) is 13.2 Å². The van der Waals surface area contributed by atoms with Gasteiger partial charge in [0.2, 0.25) is 5.90 Å². The van der Waals surface area contributed by atoms with Crippen LogP contribution in [0.15, 0.2) is 125 Å². The van der Waals surface area contributed by atoms with Crippen LogP contribution in [0.1, 0.15) is 46.4 Å². The summed E-state index contributed by atoms with van der Waals surface area (Å²) in [5.41, 5.74) is 4.90.